The molecule has 0 spiro atoms. The van der Waals surface area contributed by atoms with Crippen molar-refractivity contribution in [2.45, 2.75) is 31.4 Å². The van der Waals surface area contributed by atoms with Crippen molar-refractivity contribution in [3.8, 4) is 5.75 Å². The number of piperidine rings is 1. The van der Waals surface area contributed by atoms with Gasteiger partial charge in [-0.3, -0.25) is 9.59 Å². The zero-order chi connectivity index (χ0) is 20.0. The summed E-state index contributed by atoms with van der Waals surface area (Å²) in [5.74, 6) is -0.744. The first-order valence-electron chi connectivity index (χ1n) is 8.76. The Hall–Kier alpha value is -1.74. The van der Waals surface area contributed by atoms with Gasteiger partial charge in [-0.25, -0.2) is 0 Å². The van der Waals surface area contributed by atoms with Crippen molar-refractivity contribution in [1.29, 1.82) is 0 Å². The number of amides is 1. The lowest BCUT2D eigenvalue weighted by atomic mass is 10.0. The van der Waals surface area contributed by atoms with E-state index in [2.05, 4.69) is 10.2 Å². The molecule has 0 radical (unpaired) electrons. The van der Waals surface area contributed by atoms with Crippen molar-refractivity contribution in [3.63, 3.8) is 0 Å². The minimum absolute atomic E-state index is 0. The predicted octanol–water partition coefficient (Wildman–Crippen LogP) is 2.04. The fraction of sp³-hybridized carbons (Fsp3) is 0.556. The number of halogens is 2. The SMILES string of the molecule is COc1cc(N)c(Cl)cc1C(=O)N[C@H]1CCN(CCCC(=O)O)C[C@H]1OC.Cl. The second-order valence-corrected chi connectivity index (χ2v) is 6.92. The summed E-state index contributed by atoms with van der Waals surface area (Å²) in [5, 5.41) is 12.0. The molecular weight excluding hydrogens is 409 g/mol. The van der Waals surface area contributed by atoms with E-state index < -0.39 is 5.97 Å². The Morgan fingerprint density at radius 3 is 2.71 bits per heavy atom. The summed E-state index contributed by atoms with van der Waals surface area (Å²) >= 11 is 6.04. The van der Waals surface area contributed by atoms with E-state index in [4.69, 9.17) is 31.9 Å². The molecule has 1 aliphatic rings. The number of hydrogen-bond acceptors (Lipinski definition) is 6. The third-order valence-electron chi connectivity index (χ3n) is 4.69. The molecule has 0 saturated carbocycles. The van der Waals surface area contributed by atoms with Crippen molar-refractivity contribution in [2.24, 2.45) is 0 Å². The molecule has 0 unspecified atom stereocenters. The number of anilines is 1. The summed E-state index contributed by atoms with van der Waals surface area (Å²) in [6.45, 7) is 2.07. The van der Waals surface area contributed by atoms with E-state index in [1.807, 2.05) is 0 Å². The van der Waals surface area contributed by atoms with E-state index in [1.54, 1.807) is 7.11 Å². The highest BCUT2D eigenvalue weighted by Crippen LogP contribution is 2.29. The summed E-state index contributed by atoms with van der Waals surface area (Å²) in [4.78, 5) is 25.5. The Bertz CT molecular complexity index is 689. The number of rotatable bonds is 8. The quantitative estimate of drug-likeness (QED) is 0.535. The average molecular weight is 436 g/mol. The number of methoxy groups -OCH3 is 2. The molecule has 28 heavy (non-hydrogen) atoms. The summed E-state index contributed by atoms with van der Waals surface area (Å²) in [6.07, 6.45) is 1.24. The number of carboxylic acid groups (broad SMARTS) is 1. The van der Waals surface area contributed by atoms with E-state index in [1.165, 1.54) is 19.2 Å². The van der Waals surface area contributed by atoms with Crippen LogP contribution in [0.3, 0.4) is 0 Å². The van der Waals surface area contributed by atoms with Crippen molar-refractivity contribution in [1.82, 2.24) is 10.2 Å². The van der Waals surface area contributed by atoms with E-state index >= 15 is 0 Å². The van der Waals surface area contributed by atoms with Crippen LogP contribution >= 0.6 is 24.0 Å². The van der Waals surface area contributed by atoms with Gasteiger partial charge in [-0.15, -0.1) is 12.4 Å². The molecule has 10 heteroatoms. The molecule has 4 N–H and O–H groups in total. The molecule has 2 atom stereocenters. The van der Waals surface area contributed by atoms with Gasteiger partial charge in [0.05, 0.1) is 35.5 Å². The molecule has 1 aromatic rings. The standard InChI is InChI=1S/C18H26ClN3O5.ClH/c1-26-15-9-13(20)12(19)8-11(15)18(25)21-14-5-7-22(10-16(14)27-2)6-3-4-17(23)24;/h8-9,14,16H,3-7,10,20H2,1-2H3,(H,21,25)(H,23,24);1H/t14-,16+;/m0./s1. The first-order chi connectivity index (χ1) is 12.8. The van der Waals surface area contributed by atoms with Crippen LogP contribution < -0.4 is 15.8 Å². The maximum Gasteiger partial charge on any atom is 0.303 e. The number of nitrogens with two attached hydrogens (primary N) is 1. The molecule has 1 aromatic carbocycles. The largest absolute Gasteiger partial charge is 0.496 e. The lowest BCUT2D eigenvalue weighted by Crippen LogP contribution is -2.54. The first-order valence-corrected chi connectivity index (χ1v) is 9.14. The lowest BCUT2D eigenvalue weighted by Gasteiger charge is -2.38. The summed E-state index contributed by atoms with van der Waals surface area (Å²) in [6, 6.07) is 2.85. The van der Waals surface area contributed by atoms with Crippen LogP contribution in [0, 0.1) is 0 Å². The highest BCUT2D eigenvalue weighted by molar-refractivity contribution is 6.33. The number of hydrogen-bond donors (Lipinski definition) is 3. The van der Waals surface area contributed by atoms with Crippen LogP contribution in [0.5, 0.6) is 5.75 Å². The van der Waals surface area contributed by atoms with Crippen LogP contribution in [0.2, 0.25) is 5.02 Å². The van der Waals surface area contributed by atoms with Crippen molar-refractivity contribution in [2.75, 3.05) is 39.6 Å². The molecule has 0 bridgehead atoms. The first kappa shape index (κ1) is 24.3. The van der Waals surface area contributed by atoms with Gasteiger partial charge in [0.2, 0.25) is 0 Å². The maximum atomic E-state index is 12.7. The van der Waals surface area contributed by atoms with Crippen LogP contribution in [-0.4, -0.2) is 67.9 Å². The van der Waals surface area contributed by atoms with E-state index in [0.29, 0.717) is 42.9 Å². The topological polar surface area (TPSA) is 114 Å². The molecule has 0 aliphatic carbocycles. The third kappa shape index (κ3) is 6.41. The molecule has 0 aromatic heterocycles. The number of aliphatic carboxylic acids is 1. The Morgan fingerprint density at radius 1 is 1.39 bits per heavy atom. The van der Waals surface area contributed by atoms with Gasteiger partial charge < -0.3 is 30.5 Å². The molecular formula is C18H27Cl2N3O5. The van der Waals surface area contributed by atoms with E-state index in [9.17, 15) is 9.59 Å². The number of nitrogens with one attached hydrogen (secondary N) is 1. The van der Waals surface area contributed by atoms with Crippen LogP contribution in [0.4, 0.5) is 5.69 Å². The van der Waals surface area contributed by atoms with Crippen molar-refractivity contribution in [3.05, 3.63) is 22.7 Å². The number of carbonyl (C=O) groups excluding carboxylic acids is 1. The summed E-state index contributed by atoms with van der Waals surface area (Å²) in [5.41, 5.74) is 6.42. The van der Waals surface area contributed by atoms with E-state index in [-0.39, 0.29) is 41.9 Å². The lowest BCUT2D eigenvalue weighted by molar-refractivity contribution is -0.137. The predicted molar refractivity (Wildman–Crippen MR) is 110 cm³/mol. The van der Waals surface area contributed by atoms with Gasteiger partial charge >= 0.3 is 5.97 Å². The minimum Gasteiger partial charge on any atom is -0.496 e. The number of benzene rings is 1. The second kappa shape index (κ2) is 11.3. The molecule has 2 rings (SSSR count). The minimum atomic E-state index is -0.795. The number of carbonyl (C=O) groups is 2. The van der Waals surface area contributed by atoms with Gasteiger partial charge in [0.25, 0.3) is 5.91 Å². The Labute approximate surface area is 175 Å². The smallest absolute Gasteiger partial charge is 0.303 e. The normalized spacial score (nSPS) is 19.5. The maximum absolute atomic E-state index is 12.7. The van der Waals surface area contributed by atoms with Crippen LogP contribution in [-0.2, 0) is 9.53 Å². The van der Waals surface area contributed by atoms with Gasteiger partial charge in [-0.1, -0.05) is 11.6 Å². The Balaban J connectivity index is 0.00000392. The number of nitrogen functional groups attached to an aromatic ring is 1. The molecule has 1 amide bonds. The summed E-state index contributed by atoms with van der Waals surface area (Å²) in [7, 11) is 3.07. The average Bonchev–Trinajstić information content (AvgIpc) is 2.64. The highest BCUT2D eigenvalue weighted by Gasteiger charge is 2.31. The number of carboxylic acids is 1. The monoisotopic (exact) mass is 435 g/mol. The van der Waals surface area contributed by atoms with Crippen molar-refractivity contribution < 1.29 is 24.2 Å². The van der Waals surface area contributed by atoms with Gasteiger partial charge in [0.15, 0.2) is 0 Å². The van der Waals surface area contributed by atoms with Crippen LogP contribution in [0.1, 0.15) is 29.6 Å². The zero-order valence-electron chi connectivity index (χ0n) is 15.9. The van der Waals surface area contributed by atoms with Gasteiger partial charge in [-0.05, 0) is 25.5 Å². The van der Waals surface area contributed by atoms with Crippen LogP contribution in [0.15, 0.2) is 12.1 Å². The molecule has 158 valence electrons. The molecule has 1 heterocycles. The van der Waals surface area contributed by atoms with Gasteiger partial charge in [0.1, 0.15) is 5.75 Å². The molecule has 1 aliphatic heterocycles. The Kier molecular flexibility index (Phi) is 9.81. The number of nitrogens with zero attached hydrogens (tertiary/aromatic N) is 1. The van der Waals surface area contributed by atoms with E-state index in [0.717, 1.165) is 6.54 Å². The summed E-state index contributed by atoms with van der Waals surface area (Å²) < 4.78 is 10.8. The highest BCUT2D eigenvalue weighted by atomic mass is 35.5. The van der Waals surface area contributed by atoms with Crippen LogP contribution in [0.25, 0.3) is 0 Å². The number of likely N-dealkylation sites (tertiary alicyclic amines) is 1. The second-order valence-electron chi connectivity index (χ2n) is 6.51. The zero-order valence-corrected chi connectivity index (χ0v) is 17.5. The molecule has 1 fully saturated rings. The van der Waals surface area contributed by atoms with Gasteiger partial charge in [0, 0.05) is 32.7 Å². The fourth-order valence-electron chi connectivity index (χ4n) is 3.20. The van der Waals surface area contributed by atoms with Gasteiger partial charge in [-0.2, -0.15) is 0 Å². The fourth-order valence-corrected chi connectivity index (χ4v) is 3.37. The van der Waals surface area contributed by atoms with Crippen molar-refractivity contribution >= 4 is 41.6 Å². The number of ether oxygens (including phenoxy) is 2. The molecule has 1 saturated heterocycles. The Morgan fingerprint density at radius 2 is 2.11 bits per heavy atom. The molecule has 8 nitrogen and oxygen atoms in total. The third-order valence-corrected chi connectivity index (χ3v) is 5.02.